The number of morpholine rings is 1. The molecule has 1 saturated heterocycles. The SMILES string of the molecule is CC(N)C1CN(NS(=O)(=O)C(F)(F)C(F)(F)C(F)(F)C(F)(F)F)CCO1. The summed E-state index contributed by atoms with van der Waals surface area (Å²) in [5, 5.41) is -6.40. The third-order valence-electron chi connectivity index (χ3n) is 3.38. The van der Waals surface area contributed by atoms with Gasteiger partial charge >= 0.3 is 23.3 Å². The molecule has 0 spiro atoms. The van der Waals surface area contributed by atoms with Crippen LogP contribution in [0, 0.1) is 0 Å². The molecule has 1 rings (SSSR count). The van der Waals surface area contributed by atoms with Gasteiger partial charge in [0.2, 0.25) is 0 Å². The molecule has 0 aromatic heterocycles. The van der Waals surface area contributed by atoms with Gasteiger partial charge in [0.1, 0.15) is 0 Å². The van der Waals surface area contributed by atoms with Crippen LogP contribution in [0.5, 0.6) is 0 Å². The molecule has 0 saturated carbocycles. The summed E-state index contributed by atoms with van der Waals surface area (Å²) in [5.41, 5.74) is 5.43. The van der Waals surface area contributed by atoms with E-state index in [-0.39, 0.29) is 6.61 Å². The Morgan fingerprint density at radius 2 is 1.58 bits per heavy atom. The van der Waals surface area contributed by atoms with Crippen LogP contribution in [0.15, 0.2) is 0 Å². The smallest absolute Gasteiger partial charge is 0.374 e. The largest absolute Gasteiger partial charge is 0.460 e. The number of halogens is 9. The maximum Gasteiger partial charge on any atom is 0.460 e. The molecule has 0 radical (unpaired) electrons. The van der Waals surface area contributed by atoms with Crippen LogP contribution in [-0.4, -0.2) is 68.5 Å². The lowest BCUT2D eigenvalue weighted by Crippen LogP contribution is -2.67. The summed E-state index contributed by atoms with van der Waals surface area (Å²) < 4.78 is 143. The Kier molecular flexibility index (Phi) is 6.21. The van der Waals surface area contributed by atoms with Crippen molar-refractivity contribution in [2.45, 2.75) is 42.3 Å². The summed E-state index contributed by atoms with van der Waals surface area (Å²) in [4.78, 5) is 0.889. The van der Waals surface area contributed by atoms with Crippen molar-refractivity contribution >= 4 is 10.0 Å². The zero-order valence-corrected chi connectivity index (χ0v) is 13.7. The summed E-state index contributed by atoms with van der Waals surface area (Å²) in [6.45, 7) is 0.0820. The lowest BCUT2D eigenvalue weighted by Gasteiger charge is -2.37. The van der Waals surface area contributed by atoms with Crippen LogP contribution in [-0.2, 0) is 14.8 Å². The van der Waals surface area contributed by atoms with Crippen molar-refractivity contribution in [3.63, 3.8) is 0 Å². The average molecular weight is 427 g/mol. The van der Waals surface area contributed by atoms with Gasteiger partial charge in [0, 0.05) is 19.1 Å². The van der Waals surface area contributed by atoms with E-state index in [0.717, 1.165) is 4.83 Å². The molecule has 156 valence electrons. The van der Waals surface area contributed by atoms with Crippen molar-refractivity contribution in [1.29, 1.82) is 0 Å². The molecule has 2 unspecified atom stereocenters. The van der Waals surface area contributed by atoms with Gasteiger partial charge in [-0.05, 0) is 6.92 Å². The van der Waals surface area contributed by atoms with E-state index < -0.39 is 58.5 Å². The fourth-order valence-electron chi connectivity index (χ4n) is 1.83. The molecule has 26 heavy (non-hydrogen) atoms. The molecule has 0 amide bonds. The highest BCUT2D eigenvalue weighted by Crippen LogP contribution is 2.54. The van der Waals surface area contributed by atoms with Gasteiger partial charge in [0.05, 0.1) is 12.7 Å². The molecule has 6 nitrogen and oxygen atoms in total. The normalized spacial score (nSPS) is 23.1. The Hall–Kier alpha value is -0.840. The van der Waals surface area contributed by atoms with E-state index in [1.807, 2.05) is 0 Å². The highest BCUT2D eigenvalue weighted by atomic mass is 32.2. The highest BCUT2D eigenvalue weighted by molar-refractivity contribution is 7.90. The fourth-order valence-corrected chi connectivity index (χ4v) is 2.92. The number of hydrogen-bond acceptors (Lipinski definition) is 5. The Bertz CT molecular complexity index is 609. The first-order valence-corrected chi connectivity index (χ1v) is 8.21. The minimum absolute atomic E-state index is 0.296. The molecular weight excluding hydrogens is 413 g/mol. The Balaban J connectivity index is 3.13. The summed E-state index contributed by atoms with van der Waals surface area (Å²) in [7, 11) is -6.69. The van der Waals surface area contributed by atoms with Crippen molar-refractivity contribution < 1.29 is 52.7 Å². The van der Waals surface area contributed by atoms with Crippen LogP contribution >= 0.6 is 0 Å². The second kappa shape index (κ2) is 6.96. The Morgan fingerprint density at radius 3 is 2.00 bits per heavy atom. The van der Waals surface area contributed by atoms with Gasteiger partial charge in [-0.15, -0.1) is 4.83 Å². The van der Waals surface area contributed by atoms with Crippen molar-refractivity contribution in [3.05, 3.63) is 0 Å². The predicted molar refractivity (Wildman–Crippen MR) is 67.9 cm³/mol. The number of sulfonamides is 1. The molecule has 1 fully saturated rings. The molecule has 0 aromatic carbocycles. The second-order valence-corrected chi connectivity index (χ2v) is 7.17. The molecule has 1 aliphatic rings. The zero-order valence-electron chi connectivity index (χ0n) is 12.8. The molecule has 0 aromatic rings. The van der Waals surface area contributed by atoms with Gasteiger partial charge in [0.15, 0.2) is 0 Å². The van der Waals surface area contributed by atoms with E-state index >= 15 is 0 Å². The minimum atomic E-state index is -7.31. The number of alkyl halides is 9. The number of ether oxygens (including phenoxy) is 1. The molecule has 3 N–H and O–H groups in total. The van der Waals surface area contributed by atoms with E-state index in [1.165, 1.54) is 6.92 Å². The third kappa shape index (κ3) is 3.88. The van der Waals surface area contributed by atoms with Crippen LogP contribution < -0.4 is 10.6 Å². The van der Waals surface area contributed by atoms with Crippen molar-refractivity contribution in [1.82, 2.24) is 9.84 Å². The van der Waals surface area contributed by atoms with Gasteiger partial charge < -0.3 is 10.5 Å². The first kappa shape index (κ1) is 23.2. The van der Waals surface area contributed by atoms with Crippen LogP contribution in [0.25, 0.3) is 0 Å². The van der Waals surface area contributed by atoms with Crippen molar-refractivity contribution in [2.75, 3.05) is 19.7 Å². The van der Waals surface area contributed by atoms with E-state index in [2.05, 4.69) is 0 Å². The standard InChI is InChI=1S/C10H14F9N3O3S/c1-5(20)6-4-22(2-3-25-6)21-26(23,24)10(18,19)8(13,14)7(11,12)9(15,16)17/h5-6,21H,2-4,20H2,1H3. The van der Waals surface area contributed by atoms with Gasteiger partial charge in [-0.2, -0.15) is 39.5 Å². The number of nitrogens with one attached hydrogen (secondary N) is 1. The molecular formula is C10H14F9N3O3S. The van der Waals surface area contributed by atoms with Crippen LogP contribution in [0.2, 0.25) is 0 Å². The van der Waals surface area contributed by atoms with Crippen LogP contribution in [0.1, 0.15) is 6.92 Å². The van der Waals surface area contributed by atoms with Crippen molar-refractivity contribution in [3.8, 4) is 0 Å². The zero-order chi connectivity index (χ0) is 20.8. The molecule has 1 aliphatic heterocycles. The average Bonchev–Trinajstić information content (AvgIpc) is 2.45. The monoisotopic (exact) mass is 427 g/mol. The van der Waals surface area contributed by atoms with Gasteiger partial charge in [-0.1, -0.05) is 0 Å². The fraction of sp³-hybridized carbons (Fsp3) is 1.00. The second-order valence-electron chi connectivity index (χ2n) is 5.47. The van der Waals surface area contributed by atoms with E-state index in [4.69, 9.17) is 10.5 Å². The van der Waals surface area contributed by atoms with E-state index in [1.54, 1.807) is 0 Å². The van der Waals surface area contributed by atoms with E-state index in [0.29, 0.717) is 5.01 Å². The van der Waals surface area contributed by atoms with Crippen LogP contribution in [0.3, 0.4) is 0 Å². The van der Waals surface area contributed by atoms with Gasteiger partial charge in [-0.25, -0.2) is 13.4 Å². The molecule has 0 aliphatic carbocycles. The third-order valence-corrected chi connectivity index (χ3v) is 4.81. The first-order valence-electron chi connectivity index (χ1n) is 6.73. The lowest BCUT2D eigenvalue weighted by molar-refractivity contribution is -0.382. The predicted octanol–water partition coefficient (Wildman–Crippen LogP) is 1.29. The maximum absolute atomic E-state index is 13.6. The number of rotatable bonds is 6. The van der Waals surface area contributed by atoms with Crippen LogP contribution in [0.4, 0.5) is 39.5 Å². The lowest BCUT2D eigenvalue weighted by atomic mass is 10.1. The van der Waals surface area contributed by atoms with Gasteiger partial charge in [0.25, 0.3) is 10.0 Å². The number of nitrogens with two attached hydrogens (primary N) is 1. The number of nitrogens with zero attached hydrogens (tertiary/aromatic N) is 1. The Labute approximate surface area is 141 Å². The maximum atomic E-state index is 13.6. The number of hydrazine groups is 1. The number of hydrogen-bond donors (Lipinski definition) is 2. The molecule has 0 bridgehead atoms. The summed E-state index contributed by atoms with van der Waals surface area (Å²) in [6, 6.07) is -0.751. The quantitative estimate of drug-likeness (QED) is 0.625. The molecule has 1 heterocycles. The topological polar surface area (TPSA) is 84.7 Å². The Morgan fingerprint density at radius 1 is 1.08 bits per heavy atom. The minimum Gasteiger partial charge on any atom is -0.374 e. The summed E-state index contributed by atoms with van der Waals surface area (Å²) in [5.74, 6) is -14.6. The van der Waals surface area contributed by atoms with Crippen molar-refractivity contribution in [2.24, 2.45) is 5.73 Å². The van der Waals surface area contributed by atoms with E-state index in [9.17, 15) is 47.9 Å². The van der Waals surface area contributed by atoms with Gasteiger partial charge in [-0.3, -0.25) is 0 Å². The summed E-state index contributed by atoms with van der Waals surface area (Å²) >= 11 is 0. The summed E-state index contributed by atoms with van der Waals surface area (Å²) in [6.07, 6.45) is -8.05. The molecule has 16 heteroatoms. The first-order chi connectivity index (χ1) is 11.4. The highest BCUT2D eigenvalue weighted by Gasteiger charge is 2.85. The molecule has 2 atom stereocenters.